The molecule has 0 bridgehead atoms. The van der Waals surface area contributed by atoms with Crippen LogP contribution in [0.15, 0.2) is 30.3 Å². The molecular weight excluding hydrogens is 381 g/mol. The average Bonchev–Trinajstić information content (AvgIpc) is 2.84. The van der Waals surface area contributed by atoms with Gasteiger partial charge in [-0.25, -0.2) is 8.78 Å². The van der Waals surface area contributed by atoms with Crippen LogP contribution in [0.1, 0.15) is 11.3 Å². The molecule has 0 atom stereocenters. The summed E-state index contributed by atoms with van der Waals surface area (Å²) >= 11 is 12.0. The molecule has 3 rings (SSSR count). The molecule has 0 aliphatic carbocycles. The fraction of sp³-hybridized carbons (Fsp3) is 0.111. The first-order valence-electron chi connectivity index (χ1n) is 7.47. The molecule has 4 nitrogen and oxygen atoms in total. The van der Waals surface area contributed by atoms with Gasteiger partial charge < -0.3 is 5.32 Å². The standard InChI is InChI=1S/C18H12Cl2F2N4/c1-9-16(12-4-3-10(8-23)5-13(12)20)18(26(2)25-9)24-17-14(21)6-11(19)7-15(17)22/h3-7,24H,1-2H3. The van der Waals surface area contributed by atoms with Crippen molar-refractivity contribution in [1.82, 2.24) is 9.78 Å². The summed E-state index contributed by atoms with van der Waals surface area (Å²) in [5.41, 5.74) is 1.84. The Labute approximate surface area is 158 Å². The van der Waals surface area contributed by atoms with Crippen molar-refractivity contribution in [3.05, 3.63) is 63.3 Å². The van der Waals surface area contributed by atoms with Crippen LogP contribution in [0.5, 0.6) is 0 Å². The van der Waals surface area contributed by atoms with Crippen molar-refractivity contribution in [1.29, 1.82) is 5.26 Å². The molecule has 0 aliphatic rings. The third kappa shape index (κ3) is 3.24. The van der Waals surface area contributed by atoms with E-state index in [1.54, 1.807) is 26.1 Å². The predicted molar refractivity (Wildman–Crippen MR) is 97.8 cm³/mol. The number of hydrogen-bond acceptors (Lipinski definition) is 3. The van der Waals surface area contributed by atoms with Gasteiger partial charge in [0.2, 0.25) is 0 Å². The molecule has 0 fully saturated rings. The van der Waals surface area contributed by atoms with Gasteiger partial charge in [-0.15, -0.1) is 0 Å². The lowest BCUT2D eigenvalue weighted by Gasteiger charge is -2.13. The topological polar surface area (TPSA) is 53.6 Å². The number of rotatable bonds is 3. The Morgan fingerprint density at radius 2 is 1.81 bits per heavy atom. The molecule has 0 unspecified atom stereocenters. The molecular formula is C18H12Cl2F2N4. The minimum Gasteiger partial charge on any atom is -0.335 e. The maximum Gasteiger partial charge on any atom is 0.151 e. The Bertz CT molecular complexity index is 1030. The van der Waals surface area contributed by atoms with E-state index in [-0.39, 0.29) is 10.7 Å². The Morgan fingerprint density at radius 1 is 1.15 bits per heavy atom. The zero-order chi connectivity index (χ0) is 19.0. The van der Waals surface area contributed by atoms with Crippen LogP contribution in [0.3, 0.4) is 0 Å². The summed E-state index contributed by atoms with van der Waals surface area (Å²) in [7, 11) is 1.64. The summed E-state index contributed by atoms with van der Waals surface area (Å²) in [4.78, 5) is 0. The molecule has 0 spiro atoms. The number of aromatic nitrogens is 2. The zero-order valence-electron chi connectivity index (χ0n) is 13.7. The number of halogens is 4. The Hall–Kier alpha value is -2.62. The quantitative estimate of drug-likeness (QED) is 0.631. The molecule has 0 amide bonds. The van der Waals surface area contributed by atoms with Gasteiger partial charge in [0.1, 0.15) is 11.5 Å². The maximum atomic E-state index is 14.2. The zero-order valence-corrected chi connectivity index (χ0v) is 15.3. The van der Waals surface area contributed by atoms with Crippen molar-refractivity contribution in [3.63, 3.8) is 0 Å². The third-order valence-corrected chi connectivity index (χ3v) is 4.37. The lowest BCUT2D eigenvalue weighted by atomic mass is 10.0. The second-order valence-corrected chi connectivity index (χ2v) is 6.45. The van der Waals surface area contributed by atoms with Crippen molar-refractivity contribution in [3.8, 4) is 17.2 Å². The highest BCUT2D eigenvalue weighted by Crippen LogP contribution is 2.38. The molecule has 2 aromatic carbocycles. The number of nitrogens with one attached hydrogen (secondary N) is 1. The number of nitriles is 1. The van der Waals surface area contributed by atoms with E-state index in [9.17, 15) is 8.78 Å². The van der Waals surface area contributed by atoms with Crippen LogP contribution in [-0.2, 0) is 7.05 Å². The van der Waals surface area contributed by atoms with Crippen LogP contribution >= 0.6 is 23.2 Å². The van der Waals surface area contributed by atoms with Crippen molar-refractivity contribution >= 4 is 34.7 Å². The van der Waals surface area contributed by atoms with E-state index in [1.807, 2.05) is 6.07 Å². The van der Waals surface area contributed by atoms with E-state index >= 15 is 0 Å². The van der Waals surface area contributed by atoms with Crippen LogP contribution in [0, 0.1) is 29.9 Å². The summed E-state index contributed by atoms with van der Waals surface area (Å²) < 4.78 is 29.8. The molecule has 0 saturated heterocycles. The normalized spacial score (nSPS) is 10.7. The SMILES string of the molecule is Cc1nn(C)c(Nc2c(F)cc(Cl)cc2F)c1-c1ccc(C#N)cc1Cl. The molecule has 0 radical (unpaired) electrons. The van der Waals surface area contributed by atoms with Crippen LogP contribution in [0.25, 0.3) is 11.1 Å². The van der Waals surface area contributed by atoms with Crippen molar-refractivity contribution in [2.24, 2.45) is 7.05 Å². The van der Waals surface area contributed by atoms with Gasteiger partial charge >= 0.3 is 0 Å². The smallest absolute Gasteiger partial charge is 0.151 e. The highest BCUT2D eigenvalue weighted by molar-refractivity contribution is 6.33. The van der Waals surface area contributed by atoms with Gasteiger partial charge in [0, 0.05) is 28.2 Å². The van der Waals surface area contributed by atoms with E-state index in [0.717, 1.165) is 12.1 Å². The highest BCUT2D eigenvalue weighted by atomic mass is 35.5. The first kappa shape index (κ1) is 18.2. The Balaban J connectivity index is 2.15. The fourth-order valence-electron chi connectivity index (χ4n) is 2.69. The van der Waals surface area contributed by atoms with Crippen LogP contribution in [-0.4, -0.2) is 9.78 Å². The van der Waals surface area contributed by atoms with E-state index in [2.05, 4.69) is 10.4 Å². The Kier molecular flexibility index (Phi) is 4.86. The van der Waals surface area contributed by atoms with E-state index in [4.69, 9.17) is 28.5 Å². The van der Waals surface area contributed by atoms with Gasteiger partial charge in [-0.2, -0.15) is 10.4 Å². The number of nitrogens with zero attached hydrogens (tertiary/aromatic N) is 3. The molecule has 1 aromatic heterocycles. The minimum absolute atomic E-state index is 0.0397. The highest BCUT2D eigenvalue weighted by Gasteiger charge is 2.21. The Morgan fingerprint density at radius 3 is 2.38 bits per heavy atom. The summed E-state index contributed by atoms with van der Waals surface area (Å²) in [6.45, 7) is 1.75. The first-order chi connectivity index (χ1) is 12.3. The van der Waals surface area contributed by atoms with E-state index in [0.29, 0.717) is 33.2 Å². The van der Waals surface area contributed by atoms with Gasteiger partial charge in [-0.1, -0.05) is 29.3 Å². The van der Waals surface area contributed by atoms with Crippen molar-refractivity contribution in [2.75, 3.05) is 5.32 Å². The molecule has 0 aliphatic heterocycles. The summed E-state index contributed by atoms with van der Waals surface area (Å²) in [5, 5.41) is 16.3. The number of hydrogen-bond donors (Lipinski definition) is 1. The number of benzene rings is 2. The summed E-state index contributed by atoms with van der Waals surface area (Å²) in [6.07, 6.45) is 0. The number of aryl methyl sites for hydroxylation is 2. The van der Waals surface area contributed by atoms with Gasteiger partial charge in [0.25, 0.3) is 0 Å². The van der Waals surface area contributed by atoms with Gasteiger partial charge in [0.05, 0.1) is 17.3 Å². The molecule has 8 heteroatoms. The predicted octanol–water partition coefficient (Wildman–Crippen LogP) is 5.60. The van der Waals surface area contributed by atoms with Crippen LogP contribution < -0.4 is 5.32 Å². The lowest BCUT2D eigenvalue weighted by molar-refractivity contribution is 0.590. The lowest BCUT2D eigenvalue weighted by Crippen LogP contribution is -2.04. The largest absolute Gasteiger partial charge is 0.335 e. The van der Waals surface area contributed by atoms with Gasteiger partial charge in [-0.05, 0) is 31.2 Å². The average molecular weight is 393 g/mol. The second-order valence-electron chi connectivity index (χ2n) is 5.61. The maximum absolute atomic E-state index is 14.2. The number of anilines is 2. The molecule has 132 valence electrons. The second kappa shape index (κ2) is 6.94. The van der Waals surface area contributed by atoms with Crippen LogP contribution in [0.2, 0.25) is 10.0 Å². The fourth-order valence-corrected chi connectivity index (χ4v) is 3.16. The van der Waals surface area contributed by atoms with Crippen LogP contribution in [0.4, 0.5) is 20.3 Å². The summed E-state index contributed by atoms with van der Waals surface area (Å²) in [5.74, 6) is -1.30. The monoisotopic (exact) mass is 392 g/mol. The minimum atomic E-state index is -0.828. The van der Waals surface area contributed by atoms with E-state index < -0.39 is 11.6 Å². The van der Waals surface area contributed by atoms with E-state index in [1.165, 1.54) is 10.7 Å². The molecule has 0 saturated carbocycles. The molecule has 26 heavy (non-hydrogen) atoms. The molecule has 3 aromatic rings. The van der Waals surface area contributed by atoms with Crippen molar-refractivity contribution in [2.45, 2.75) is 6.92 Å². The van der Waals surface area contributed by atoms with Gasteiger partial charge in [-0.3, -0.25) is 4.68 Å². The molecule has 1 N–H and O–H groups in total. The van der Waals surface area contributed by atoms with Crippen molar-refractivity contribution < 1.29 is 8.78 Å². The summed E-state index contributed by atoms with van der Waals surface area (Å²) in [6, 6.07) is 8.85. The first-order valence-corrected chi connectivity index (χ1v) is 8.22. The van der Waals surface area contributed by atoms with Gasteiger partial charge in [0.15, 0.2) is 11.6 Å². The molecule has 1 heterocycles. The third-order valence-electron chi connectivity index (χ3n) is 3.84.